The van der Waals surface area contributed by atoms with E-state index in [9.17, 15) is 0 Å². The van der Waals surface area contributed by atoms with E-state index in [1.54, 1.807) is 0 Å². The Morgan fingerprint density at radius 3 is 2.21 bits per heavy atom. The van der Waals surface area contributed by atoms with Gasteiger partial charge in [-0.15, -0.1) is 0 Å². The van der Waals surface area contributed by atoms with E-state index in [2.05, 4.69) is 15.1 Å². The average molecular weight is 265 g/mol. The van der Waals surface area contributed by atoms with Crippen molar-refractivity contribution in [2.75, 3.05) is 52.4 Å². The quantitative estimate of drug-likeness (QED) is 0.708. The lowest BCUT2D eigenvalue weighted by atomic mass is 9.96. The van der Waals surface area contributed by atoms with E-state index < -0.39 is 0 Å². The number of piperidine rings is 1. The largest absolute Gasteiger partial charge is 0.315 e. The summed E-state index contributed by atoms with van der Waals surface area (Å²) in [6.07, 6.45) is 8.67. The van der Waals surface area contributed by atoms with Gasteiger partial charge in [-0.2, -0.15) is 0 Å². The maximum absolute atomic E-state index is 3.61. The molecule has 1 saturated carbocycles. The van der Waals surface area contributed by atoms with Gasteiger partial charge < -0.3 is 15.1 Å². The third-order valence-electron chi connectivity index (χ3n) is 5.16. The highest BCUT2D eigenvalue weighted by atomic mass is 15.2. The summed E-state index contributed by atoms with van der Waals surface area (Å²) in [7, 11) is 0. The molecule has 0 aromatic carbocycles. The Bertz CT molecular complexity index is 251. The van der Waals surface area contributed by atoms with E-state index in [1.165, 1.54) is 90.9 Å². The fourth-order valence-corrected chi connectivity index (χ4v) is 3.59. The molecule has 2 aliphatic heterocycles. The molecule has 3 aliphatic rings. The predicted octanol–water partition coefficient (Wildman–Crippen LogP) is 1.79. The molecule has 0 amide bonds. The van der Waals surface area contributed by atoms with Crippen LogP contribution in [0.5, 0.6) is 0 Å². The van der Waals surface area contributed by atoms with E-state index in [0.717, 1.165) is 11.8 Å². The second-order valence-corrected chi connectivity index (χ2v) is 6.94. The van der Waals surface area contributed by atoms with Crippen molar-refractivity contribution in [2.45, 2.75) is 38.5 Å². The fourth-order valence-electron chi connectivity index (χ4n) is 3.59. The van der Waals surface area contributed by atoms with Crippen molar-refractivity contribution in [1.29, 1.82) is 0 Å². The van der Waals surface area contributed by atoms with Crippen LogP contribution in [-0.2, 0) is 0 Å². The first-order valence-corrected chi connectivity index (χ1v) is 8.55. The number of nitrogens with one attached hydrogen (secondary N) is 1. The Balaban J connectivity index is 1.24. The van der Waals surface area contributed by atoms with Gasteiger partial charge in [0.25, 0.3) is 0 Å². The lowest BCUT2D eigenvalue weighted by Gasteiger charge is -2.33. The van der Waals surface area contributed by atoms with Gasteiger partial charge in [0.2, 0.25) is 0 Å². The average Bonchev–Trinajstić information content (AvgIpc) is 3.12. The maximum Gasteiger partial charge on any atom is 0.0107 e. The normalized spacial score (nSPS) is 27.2. The minimum atomic E-state index is 0.980. The molecule has 3 nitrogen and oxygen atoms in total. The zero-order chi connectivity index (χ0) is 12.9. The van der Waals surface area contributed by atoms with E-state index in [1.807, 2.05) is 0 Å². The molecule has 0 spiro atoms. The van der Waals surface area contributed by atoms with Crippen LogP contribution < -0.4 is 5.32 Å². The zero-order valence-electron chi connectivity index (χ0n) is 12.4. The molecular formula is C16H31N3. The van der Waals surface area contributed by atoms with Crippen molar-refractivity contribution in [3.8, 4) is 0 Å². The third kappa shape index (κ3) is 4.73. The highest BCUT2D eigenvalue weighted by Crippen LogP contribution is 2.27. The second kappa shape index (κ2) is 7.05. The summed E-state index contributed by atoms with van der Waals surface area (Å²) in [5.41, 5.74) is 0. The first-order valence-electron chi connectivity index (χ1n) is 8.55. The van der Waals surface area contributed by atoms with Crippen LogP contribution in [0.25, 0.3) is 0 Å². The van der Waals surface area contributed by atoms with Crippen LogP contribution in [0.2, 0.25) is 0 Å². The van der Waals surface area contributed by atoms with Crippen molar-refractivity contribution in [1.82, 2.24) is 15.1 Å². The molecule has 2 heterocycles. The molecule has 3 rings (SSSR count). The van der Waals surface area contributed by atoms with Crippen LogP contribution in [0.15, 0.2) is 0 Å². The summed E-state index contributed by atoms with van der Waals surface area (Å²) in [5, 5.41) is 3.61. The lowest BCUT2D eigenvalue weighted by molar-refractivity contribution is 0.154. The molecule has 19 heavy (non-hydrogen) atoms. The summed E-state index contributed by atoms with van der Waals surface area (Å²) >= 11 is 0. The molecule has 0 aromatic rings. The molecule has 0 atom stereocenters. The van der Waals surface area contributed by atoms with Gasteiger partial charge in [-0.1, -0.05) is 0 Å². The Morgan fingerprint density at radius 2 is 1.53 bits per heavy atom. The van der Waals surface area contributed by atoms with E-state index in [4.69, 9.17) is 0 Å². The third-order valence-corrected chi connectivity index (χ3v) is 5.16. The van der Waals surface area contributed by atoms with Gasteiger partial charge in [0.15, 0.2) is 0 Å². The van der Waals surface area contributed by atoms with Crippen LogP contribution in [0.1, 0.15) is 38.5 Å². The molecular weight excluding hydrogens is 234 g/mol. The first-order chi connectivity index (χ1) is 9.40. The first kappa shape index (κ1) is 13.8. The van der Waals surface area contributed by atoms with Gasteiger partial charge >= 0.3 is 0 Å². The molecule has 3 fully saturated rings. The summed E-state index contributed by atoms with van der Waals surface area (Å²) in [6.45, 7) is 10.5. The van der Waals surface area contributed by atoms with Crippen molar-refractivity contribution in [3.63, 3.8) is 0 Å². The predicted molar refractivity (Wildman–Crippen MR) is 80.4 cm³/mol. The number of hydrogen-bond acceptors (Lipinski definition) is 3. The molecule has 0 radical (unpaired) electrons. The Morgan fingerprint density at radius 1 is 0.789 bits per heavy atom. The van der Waals surface area contributed by atoms with E-state index >= 15 is 0 Å². The van der Waals surface area contributed by atoms with Crippen LogP contribution in [0.3, 0.4) is 0 Å². The standard InChI is InChI=1S/C16H31N3/c1-2-9-19(8-1)14-16-5-10-18(11-6-16)12-7-17-13-15-3-4-15/h15-17H,1-14H2. The van der Waals surface area contributed by atoms with Gasteiger partial charge in [0, 0.05) is 19.6 Å². The SMILES string of the molecule is C1CCN(CC2CCN(CCNCC3CC3)CC2)C1. The van der Waals surface area contributed by atoms with Crippen molar-refractivity contribution < 1.29 is 0 Å². The fraction of sp³-hybridized carbons (Fsp3) is 1.00. The van der Waals surface area contributed by atoms with E-state index in [0.29, 0.717) is 0 Å². The Labute approximate surface area is 118 Å². The van der Waals surface area contributed by atoms with Crippen molar-refractivity contribution in [2.24, 2.45) is 11.8 Å². The van der Waals surface area contributed by atoms with Crippen LogP contribution >= 0.6 is 0 Å². The number of likely N-dealkylation sites (tertiary alicyclic amines) is 2. The van der Waals surface area contributed by atoms with Gasteiger partial charge in [-0.25, -0.2) is 0 Å². The topological polar surface area (TPSA) is 18.5 Å². The van der Waals surface area contributed by atoms with Crippen LogP contribution in [0.4, 0.5) is 0 Å². The molecule has 3 heteroatoms. The highest BCUT2D eigenvalue weighted by Gasteiger charge is 2.23. The van der Waals surface area contributed by atoms with Crippen molar-refractivity contribution in [3.05, 3.63) is 0 Å². The summed E-state index contributed by atoms with van der Waals surface area (Å²) in [5.74, 6) is 2.00. The van der Waals surface area contributed by atoms with E-state index in [-0.39, 0.29) is 0 Å². The van der Waals surface area contributed by atoms with Crippen LogP contribution in [-0.4, -0.2) is 62.2 Å². The number of rotatable bonds is 7. The Hall–Kier alpha value is -0.120. The minimum absolute atomic E-state index is 0.980. The van der Waals surface area contributed by atoms with Gasteiger partial charge in [0.1, 0.15) is 0 Å². The molecule has 110 valence electrons. The molecule has 1 aliphatic carbocycles. The monoisotopic (exact) mass is 265 g/mol. The lowest BCUT2D eigenvalue weighted by Crippen LogP contribution is -2.41. The maximum atomic E-state index is 3.61. The molecule has 0 bridgehead atoms. The van der Waals surface area contributed by atoms with Gasteiger partial charge in [0.05, 0.1) is 0 Å². The molecule has 0 aromatic heterocycles. The number of hydrogen-bond donors (Lipinski definition) is 1. The van der Waals surface area contributed by atoms with Gasteiger partial charge in [-0.05, 0) is 83.1 Å². The zero-order valence-corrected chi connectivity index (χ0v) is 12.4. The molecule has 2 saturated heterocycles. The molecule has 1 N–H and O–H groups in total. The van der Waals surface area contributed by atoms with Crippen molar-refractivity contribution >= 4 is 0 Å². The summed E-state index contributed by atoms with van der Waals surface area (Å²) in [6, 6.07) is 0. The Kier molecular flexibility index (Phi) is 5.14. The minimum Gasteiger partial charge on any atom is -0.315 e. The summed E-state index contributed by atoms with van der Waals surface area (Å²) < 4.78 is 0. The highest BCUT2D eigenvalue weighted by molar-refractivity contribution is 4.78. The summed E-state index contributed by atoms with van der Waals surface area (Å²) in [4.78, 5) is 5.36. The van der Waals surface area contributed by atoms with Gasteiger partial charge in [-0.3, -0.25) is 0 Å². The van der Waals surface area contributed by atoms with Crippen LogP contribution in [0, 0.1) is 11.8 Å². The smallest absolute Gasteiger partial charge is 0.0107 e. The number of nitrogens with zero attached hydrogens (tertiary/aromatic N) is 2. The second-order valence-electron chi connectivity index (χ2n) is 6.94. The molecule has 0 unspecified atom stereocenters.